The predicted molar refractivity (Wildman–Crippen MR) is 44.2 cm³/mol. The van der Waals surface area contributed by atoms with Gasteiger partial charge in [0.15, 0.2) is 0 Å². The summed E-state index contributed by atoms with van der Waals surface area (Å²) in [4.78, 5) is 0. The van der Waals surface area contributed by atoms with Crippen LogP contribution in [0.25, 0.3) is 0 Å². The zero-order chi connectivity index (χ0) is 7.33. The van der Waals surface area contributed by atoms with E-state index in [1.54, 1.807) is 0 Å². The van der Waals surface area contributed by atoms with Gasteiger partial charge in [0.05, 0.1) is 0 Å². The van der Waals surface area contributed by atoms with E-state index >= 15 is 0 Å². The third kappa shape index (κ3) is 9.63. The van der Waals surface area contributed by atoms with Gasteiger partial charge in [-0.1, -0.05) is 0 Å². The van der Waals surface area contributed by atoms with E-state index in [2.05, 4.69) is 6.92 Å². The Balaban J connectivity index is 3.07. The Bertz CT molecular complexity index is 72.7. The topological polar surface area (TPSA) is 9.23 Å². The Morgan fingerprint density at radius 3 is 2.22 bits per heavy atom. The molecule has 0 atom stereocenters. The maximum atomic E-state index is 5.49. The Hall–Kier alpha value is 1.63. The van der Waals surface area contributed by atoms with Crippen molar-refractivity contribution in [2.24, 2.45) is 0 Å². The first kappa shape index (κ1) is 10.6. The van der Waals surface area contributed by atoms with E-state index in [0.29, 0.717) is 6.61 Å². The van der Waals surface area contributed by atoms with Gasteiger partial charge in [0, 0.05) is 0 Å². The third-order valence-electron chi connectivity index (χ3n) is 0.764. The number of unbranched alkanes of at least 4 members (excludes halogenated alkanes) is 1. The van der Waals surface area contributed by atoms with Crippen LogP contribution >= 0.6 is 26.8 Å². The molecular formula is C4H9Cl3OSn. The van der Waals surface area contributed by atoms with Crippen LogP contribution < -0.4 is 0 Å². The fraction of sp³-hybridized carbons (Fsp3) is 1.00. The summed E-state index contributed by atoms with van der Waals surface area (Å²) < 4.78 is 4.98. The second kappa shape index (κ2) is 5.30. The molecule has 0 bridgehead atoms. The first-order valence-electron chi connectivity index (χ1n) is 2.77. The van der Waals surface area contributed by atoms with E-state index in [0.717, 1.165) is 12.8 Å². The van der Waals surface area contributed by atoms with E-state index in [-0.39, 0.29) is 0 Å². The minimum atomic E-state index is -3.42. The number of hydrogen-bond acceptors (Lipinski definition) is 1. The van der Waals surface area contributed by atoms with Gasteiger partial charge >= 0.3 is 71.6 Å². The molecule has 0 rings (SSSR count). The van der Waals surface area contributed by atoms with E-state index in [4.69, 9.17) is 29.8 Å². The molecule has 0 amide bonds. The summed E-state index contributed by atoms with van der Waals surface area (Å²) >= 11 is -3.42. The van der Waals surface area contributed by atoms with Crippen molar-refractivity contribution in [1.82, 2.24) is 0 Å². The van der Waals surface area contributed by atoms with Crippen LogP contribution in [-0.2, 0) is 3.07 Å². The van der Waals surface area contributed by atoms with Gasteiger partial charge < -0.3 is 0 Å². The summed E-state index contributed by atoms with van der Waals surface area (Å²) in [5.74, 6) is 0. The van der Waals surface area contributed by atoms with E-state index in [1.165, 1.54) is 0 Å². The molecule has 0 heterocycles. The van der Waals surface area contributed by atoms with Gasteiger partial charge in [-0.05, 0) is 0 Å². The molecule has 0 aliphatic carbocycles. The molecule has 0 fully saturated rings. The fourth-order valence-electron chi connectivity index (χ4n) is 0.332. The van der Waals surface area contributed by atoms with Gasteiger partial charge in [-0.25, -0.2) is 0 Å². The van der Waals surface area contributed by atoms with Crippen LogP contribution in [0.2, 0.25) is 0 Å². The Morgan fingerprint density at radius 2 is 1.89 bits per heavy atom. The second-order valence-electron chi connectivity index (χ2n) is 1.65. The van der Waals surface area contributed by atoms with Crippen molar-refractivity contribution in [2.45, 2.75) is 19.8 Å². The maximum absolute atomic E-state index is 5.49. The molecule has 0 aromatic carbocycles. The van der Waals surface area contributed by atoms with Gasteiger partial charge in [-0.15, -0.1) is 0 Å². The van der Waals surface area contributed by atoms with E-state index < -0.39 is 15.4 Å². The summed E-state index contributed by atoms with van der Waals surface area (Å²) in [6, 6.07) is 0. The number of halogens is 3. The molecule has 0 aliphatic heterocycles. The number of hydrogen-bond donors (Lipinski definition) is 0. The minimum absolute atomic E-state index is 0.600. The van der Waals surface area contributed by atoms with Crippen LogP contribution in [-0.4, -0.2) is 22.0 Å². The first-order chi connectivity index (χ1) is 4.06. The summed E-state index contributed by atoms with van der Waals surface area (Å²) in [6.07, 6.45) is 2.05. The van der Waals surface area contributed by atoms with Gasteiger partial charge in [-0.2, -0.15) is 0 Å². The summed E-state index contributed by atoms with van der Waals surface area (Å²) in [6.45, 7) is 2.67. The molecule has 5 heteroatoms. The average molecular weight is 298 g/mol. The van der Waals surface area contributed by atoms with Crippen molar-refractivity contribution >= 4 is 42.2 Å². The normalized spacial score (nSPS) is 12.0. The molecule has 0 spiro atoms. The van der Waals surface area contributed by atoms with Crippen LogP contribution in [0, 0.1) is 0 Å². The molecule has 0 saturated carbocycles. The molecule has 0 aromatic heterocycles. The SMILES string of the molecule is CCCC[O][Sn]([Cl])([Cl])[Cl]. The molecule has 1 nitrogen and oxygen atoms in total. The van der Waals surface area contributed by atoms with Crippen LogP contribution in [0.3, 0.4) is 0 Å². The van der Waals surface area contributed by atoms with Crippen LogP contribution in [0.1, 0.15) is 19.8 Å². The van der Waals surface area contributed by atoms with E-state index in [9.17, 15) is 0 Å². The second-order valence-corrected chi connectivity index (χ2v) is 19.6. The molecule has 0 radical (unpaired) electrons. The quantitative estimate of drug-likeness (QED) is 0.573. The summed E-state index contributed by atoms with van der Waals surface area (Å²) in [5, 5.41) is 0. The monoisotopic (exact) mass is 298 g/mol. The molecular weight excluding hydrogens is 289 g/mol. The van der Waals surface area contributed by atoms with Gasteiger partial charge in [0.2, 0.25) is 0 Å². The molecule has 9 heavy (non-hydrogen) atoms. The van der Waals surface area contributed by atoms with Crippen molar-refractivity contribution in [3.8, 4) is 0 Å². The molecule has 0 N–H and O–H groups in total. The van der Waals surface area contributed by atoms with Crippen molar-refractivity contribution < 1.29 is 3.07 Å². The first-order valence-corrected chi connectivity index (χ1v) is 14.8. The standard InChI is InChI=1S/C4H9O.3ClH.Sn/c1-2-3-4-5;;;;/h2-4H2,1H3;3*1H;/q-1;;;;+4/p-3. The van der Waals surface area contributed by atoms with Crippen molar-refractivity contribution in [2.75, 3.05) is 6.61 Å². The summed E-state index contributed by atoms with van der Waals surface area (Å²) in [5.41, 5.74) is 0. The third-order valence-corrected chi connectivity index (χ3v) is 4.48. The van der Waals surface area contributed by atoms with Crippen LogP contribution in [0.5, 0.6) is 0 Å². The van der Waals surface area contributed by atoms with Crippen LogP contribution in [0.15, 0.2) is 0 Å². The Kier molecular flexibility index (Phi) is 6.26. The Labute approximate surface area is 71.2 Å². The van der Waals surface area contributed by atoms with Gasteiger partial charge in [-0.3, -0.25) is 0 Å². The van der Waals surface area contributed by atoms with Crippen LogP contribution in [0.4, 0.5) is 0 Å². The van der Waals surface area contributed by atoms with Crippen molar-refractivity contribution in [3.63, 3.8) is 0 Å². The average Bonchev–Trinajstić information content (AvgIpc) is 1.63. The van der Waals surface area contributed by atoms with E-state index in [1.807, 2.05) is 0 Å². The number of rotatable bonds is 4. The van der Waals surface area contributed by atoms with Gasteiger partial charge in [0.1, 0.15) is 0 Å². The molecule has 0 aliphatic rings. The van der Waals surface area contributed by atoms with Crippen molar-refractivity contribution in [3.05, 3.63) is 0 Å². The molecule has 0 unspecified atom stereocenters. The van der Waals surface area contributed by atoms with Crippen molar-refractivity contribution in [1.29, 1.82) is 0 Å². The van der Waals surface area contributed by atoms with Gasteiger partial charge in [0.25, 0.3) is 0 Å². The Morgan fingerprint density at radius 1 is 1.33 bits per heavy atom. The summed E-state index contributed by atoms with van der Waals surface area (Å²) in [7, 11) is 16.5. The zero-order valence-electron chi connectivity index (χ0n) is 5.16. The molecule has 0 saturated heterocycles. The molecule has 56 valence electrons. The zero-order valence-corrected chi connectivity index (χ0v) is 10.3. The molecule has 0 aromatic rings. The fourth-order valence-corrected chi connectivity index (χ4v) is 2.96. The predicted octanol–water partition coefficient (Wildman–Crippen LogP) is 2.96.